The third-order valence-electron chi connectivity index (χ3n) is 4.09. The smallest absolute Gasteiger partial charge is 0.163 e. The molecule has 0 unspecified atom stereocenters. The maximum atomic E-state index is 11.9. The van der Waals surface area contributed by atoms with Crippen molar-refractivity contribution in [2.75, 3.05) is 11.9 Å². The minimum atomic E-state index is 0.245. The predicted molar refractivity (Wildman–Crippen MR) is 87.2 cm³/mol. The second-order valence-electron chi connectivity index (χ2n) is 5.61. The molecule has 0 saturated carbocycles. The lowest BCUT2D eigenvalue weighted by molar-refractivity contribution is 0.0994. The van der Waals surface area contributed by atoms with Gasteiger partial charge < -0.3 is 5.32 Å². The monoisotopic (exact) mass is 290 g/mol. The number of rotatable bonds is 4. The first-order valence-corrected chi connectivity index (χ1v) is 7.63. The molecule has 0 amide bonds. The van der Waals surface area contributed by atoms with Crippen LogP contribution in [0.15, 0.2) is 36.4 Å². The van der Waals surface area contributed by atoms with Crippen LogP contribution in [0.4, 0.5) is 5.69 Å². The highest BCUT2D eigenvalue weighted by molar-refractivity contribution is 6.00. The first-order chi connectivity index (χ1) is 10.7. The van der Waals surface area contributed by atoms with Gasteiger partial charge in [-0.05, 0) is 60.7 Å². The molecule has 3 nitrogen and oxygen atoms in total. The van der Waals surface area contributed by atoms with E-state index >= 15 is 0 Å². The lowest BCUT2D eigenvalue weighted by Crippen LogP contribution is -2.02. The highest BCUT2D eigenvalue weighted by atomic mass is 16.1. The highest BCUT2D eigenvalue weighted by Gasteiger charge is 2.19. The molecule has 0 bridgehead atoms. The Bertz CT molecular complexity index is 771. The zero-order valence-corrected chi connectivity index (χ0v) is 12.6. The molecule has 1 aliphatic carbocycles. The molecular formula is C19H18N2O. The lowest BCUT2D eigenvalue weighted by atomic mass is 9.98. The molecule has 0 aromatic heterocycles. The van der Waals surface area contributed by atoms with Gasteiger partial charge in [0.2, 0.25) is 0 Å². The van der Waals surface area contributed by atoms with Crippen molar-refractivity contribution < 1.29 is 4.79 Å². The van der Waals surface area contributed by atoms with E-state index in [9.17, 15) is 4.79 Å². The second kappa shape index (κ2) is 6.03. The molecule has 2 aromatic rings. The molecule has 3 rings (SSSR count). The van der Waals surface area contributed by atoms with Gasteiger partial charge in [0, 0.05) is 24.2 Å². The molecule has 22 heavy (non-hydrogen) atoms. The van der Waals surface area contributed by atoms with Gasteiger partial charge >= 0.3 is 0 Å². The number of carbonyl (C=O) groups excluding carboxylic acids is 1. The highest BCUT2D eigenvalue weighted by Crippen LogP contribution is 2.26. The average molecular weight is 290 g/mol. The zero-order valence-electron chi connectivity index (χ0n) is 12.6. The predicted octanol–water partition coefficient (Wildman–Crippen LogP) is 3.71. The molecule has 0 aliphatic heterocycles. The summed E-state index contributed by atoms with van der Waals surface area (Å²) in [5.41, 5.74) is 5.95. The first kappa shape index (κ1) is 14.3. The Hall–Kier alpha value is -2.60. The van der Waals surface area contributed by atoms with Crippen LogP contribution in [-0.4, -0.2) is 12.3 Å². The van der Waals surface area contributed by atoms with Gasteiger partial charge in [-0.15, -0.1) is 0 Å². The number of aryl methyl sites for hydroxylation is 1. The van der Waals surface area contributed by atoms with Crippen molar-refractivity contribution in [1.29, 1.82) is 5.26 Å². The number of nitrogens with one attached hydrogen (secondary N) is 1. The quantitative estimate of drug-likeness (QED) is 0.934. The summed E-state index contributed by atoms with van der Waals surface area (Å²) in [5.74, 6) is 0.245. The standard InChI is InChI=1S/C19H18N2O/c1-2-21-18-7-4-14(12-20)10-16(18)9-13-3-5-15-6-8-19(22)17(15)11-13/h3-5,7,10-11,21H,2,6,8-9H2,1H3. The van der Waals surface area contributed by atoms with E-state index in [2.05, 4.69) is 30.4 Å². The molecule has 110 valence electrons. The second-order valence-corrected chi connectivity index (χ2v) is 5.61. The van der Waals surface area contributed by atoms with Gasteiger partial charge in [-0.1, -0.05) is 12.1 Å². The van der Waals surface area contributed by atoms with Gasteiger partial charge in [-0.3, -0.25) is 4.79 Å². The van der Waals surface area contributed by atoms with Gasteiger partial charge in [-0.2, -0.15) is 5.26 Å². The van der Waals surface area contributed by atoms with Gasteiger partial charge in [-0.25, -0.2) is 0 Å². The van der Waals surface area contributed by atoms with Crippen LogP contribution in [0.3, 0.4) is 0 Å². The summed E-state index contributed by atoms with van der Waals surface area (Å²) < 4.78 is 0. The minimum Gasteiger partial charge on any atom is -0.385 e. The van der Waals surface area contributed by atoms with Crippen molar-refractivity contribution in [3.8, 4) is 6.07 Å². The van der Waals surface area contributed by atoms with Crippen molar-refractivity contribution >= 4 is 11.5 Å². The third kappa shape index (κ3) is 2.73. The van der Waals surface area contributed by atoms with Gasteiger partial charge in [0.1, 0.15) is 0 Å². The molecule has 0 saturated heterocycles. The third-order valence-corrected chi connectivity index (χ3v) is 4.09. The van der Waals surface area contributed by atoms with Crippen molar-refractivity contribution in [3.63, 3.8) is 0 Å². The van der Waals surface area contributed by atoms with Gasteiger partial charge in [0.15, 0.2) is 5.78 Å². The fourth-order valence-corrected chi connectivity index (χ4v) is 2.99. The summed E-state index contributed by atoms with van der Waals surface area (Å²) in [4.78, 5) is 11.9. The Kier molecular flexibility index (Phi) is 3.93. The molecule has 0 atom stereocenters. The topological polar surface area (TPSA) is 52.9 Å². The number of anilines is 1. The average Bonchev–Trinajstić information content (AvgIpc) is 2.90. The number of carbonyl (C=O) groups is 1. The summed E-state index contributed by atoms with van der Waals surface area (Å²) in [6.07, 6.45) is 2.21. The summed E-state index contributed by atoms with van der Waals surface area (Å²) in [6.45, 7) is 2.89. The summed E-state index contributed by atoms with van der Waals surface area (Å²) in [5, 5.41) is 12.4. The van der Waals surface area contributed by atoms with Crippen molar-refractivity contribution in [3.05, 3.63) is 64.2 Å². The van der Waals surface area contributed by atoms with E-state index in [-0.39, 0.29) is 5.78 Å². The number of Topliss-reactive ketones (excluding diaryl/α,β-unsaturated/α-hetero) is 1. The van der Waals surface area contributed by atoms with E-state index in [1.54, 1.807) is 0 Å². The van der Waals surface area contributed by atoms with Crippen molar-refractivity contribution in [2.45, 2.75) is 26.2 Å². The Morgan fingerprint density at radius 2 is 2.05 bits per heavy atom. The van der Waals surface area contributed by atoms with E-state index in [4.69, 9.17) is 5.26 Å². The fraction of sp³-hybridized carbons (Fsp3) is 0.263. The Morgan fingerprint density at radius 1 is 1.18 bits per heavy atom. The molecular weight excluding hydrogens is 272 g/mol. The first-order valence-electron chi connectivity index (χ1n) is 7.63. The largest absolute Gasteiger partial charge is 0.385 e. The maximum Gasteiger partial charge on any atom is 0.163 e. The van der Waals surface area contributed by atoms with Crippen LogP contribution in [0, 0.1) is 11.3 Å². The van der Waals surface area contributed by atoms with E-state index in [0.29, 0.717) is 12.0 Å². The molecule has 0 fully saturated rings. The number of hydrogen-bond donors (Lipinski definition) is 1. The van der Waals surface area contributed by atoms with Gasteiger partial charge in [0.05, 0.1) is 11.6 Å². The van der Waals surface area contributed by atoms with E-state index in [0.717, 1.165) is 47.3 Å². The molecule has 1 N–H and O–H groups in total. The Balaban J connectivity index is 1.94. The number of fused-ring (bicyclic) bond motifs is 1. The van der Waals surface area contributed by atoms with Crippen LogP contribution in [0.5, 0.6) is 0 Å². The summed E-state index contributed by atoms with van der Waals surface area (Å²) in [6, 6.07) is 14.1. The lowest BCUT2D eigenvalue weighted by Gasteiger charge is -2.12. The van der Waals surface area contributed by atoms with Crippen LogP contribution in [0.1, 0.15) is 46.0 Å². The molecule has 1 aliphatic rings. The molecule has 0 radical (unpaired) electrons. The number of hydrogen-bond acceptors (Lipinski definition) is 3. The number of ketones is 1. The fourth-order valence-electron chi connectivity index (χ4n) is 2.99. The van der Waals surface area contributed by atoms with Crippen LogP contribution in [0.2, 0.25) is 0 Å². The molecule has 0 heterocycles. The van der Waals surface area contributed by atoms with Gasteiger partial charge in [0.25, 0.3) is 0 Å². The van der Waals surface area contributed by atoms with E-state index in [1.165, 1.54) is 0 Å². The number of benzene rings is 2. The zero-order chi connectivity index (χ0) is 15.5. The Labute approximate surface area is 130 Å². The minimum absolute atomic E-state index is 0.245. The van der Waals surface area contributed by atoms with Crippen LogP contribution < -0.4 is 5.32 Å². The van der Waals surface area contributed by atoms with Crippen LogP contribution in [0.25, 0.3) is 0 Å². The number of nitrogens with zero attached hydrogens (tertiary/aromatic N) is 1. The molecule has 2 aromatic carbocycles. The molecule has 3 heteroatoms. The normalized spacial score (nSPS) is 12.8. The number of nitriles is 1. The summed E-state index contributed by atoms with van der Waals surface area (Å²) in [7, 11) is 0. The maximum absolute atomic E-state index is 11.9. The SMILES string of the molecule is CCNc1ccc(C#N)cc1Cc1ccc2c(c1)C(=O)CC2. The van der Waals surface area contributed by atoms with Crippen LogP contribution in [-0.2, 0) is 12.8 Å². The molecule has 0 spiro atoms. The van der Waals surface area contributed by atoms with Crippen LogP contribution >= 0.6 is 0 Å². The van der Waals surface area contributed by atoms with E-state index in [1.807, 2.05) is 24.3 Å². The summed E-state index contributed by atoms with van der Waals surface area (Å²) >= 11 is 0. The van der Waals surface area contributed by atoms with Crippen molar-refractivity contribution in [1.82, 2.24) is 0 Å². The van der Waals surface area contributed by atoms with E-state index < -0.39 is 0 Å². The Morgan fingerprint density at radius 3 is 2.82 bits per heavy atom. The van der Waals surface area contributed by atoms with Crippen molar-refractivity contribution in [2.24, 2.45) is 0 Å².